The zero-order valence-electron chi connectivity index (χ0n) is 12.6. The van der Waals surface area contributed by atoms with Gasteiger partial charge in [0.2, 0.25) is 5.91 Å². The van der Waals surface area contributed by atoms with E-state index in [2.05, 4.69) is 25.3 Å². The number of piperazine rings is 1. The molecule has 2 aromatic heterocycles. The van der Waals surface area contributed by atoms with Crippen LogP contribution < -0.4 is 10.2 Å². The van der Waals surface area contributed by atoms with Gasteiger partial charge in [0.1, 0.15) is 12.1 Å². The van der Waals surface area contributed by atoms with Crippen LogP contribution in [0.5, 0.6) is 0 Å². The highest BCUT2D eigenvalue weighted by molar-refractivity contribution is 5.87. The molecule has 0 spiro atoms. The normalized spacial score (nSPS) is 19.5. The number of nitrogens with one attached hydrogen (secondary N) is 1. The lowest BCUT2D eigenvalue weighted by molar-refractivity contribution is -0.137. The quantitative estimate of drug-likeness (QED) is 0.785. The zero-order valence-corrected chi connectivity index (χ0v) is 12.6. The van der Waals surface area contributed by atoms with Gasteiger partial charge in [0.25, 0.3) is 0 Å². The van der Waals surface area contributed by atoms with Gasteiger partial charge in [0.05, 0.1) is 17.5 Å². The average molecular weight is 301 g/mol. The Labute approximate surface area is 128 Å². The van der Waals surface area contributed by atoms with Crippen LogP contribution in [0.1, 0.15) is 0 Å². The molecule has 1 N–H and O–H groups in total. The highest BCUT2D eigenvalue weighted by Gasteiger charge is 2.31. The first-order valence-electron chi connectivity index (χ1n) is 7.61. The third-order valence-electron chi connectivity index (χ3n) is 4.53. The third-order valence-corrected chi connectivity index (χ3v) is 4.53. The first-order valence-corrected chi connectivity index (χ1v) is 7.61. The van der Waals surface area contributed by atoms with Gasteiger partial charge in [-0.25, -0.2) is 9.97 Å². The van der Waals surface area contributed by atoms with E-state index in [4.69, 9.17) is 0 Å². The van der Waals surface area contributed by atoms with Gasteiger partial charge in [-0.1, -0.05) is 0 Å². The van der Waals surface area contributed by atoms with Gasteiger partial charge in [0.15, 0.2) is 5.65 Å². The molecule has 2 aliphatic heterocycles. The van der Waals surface area contributed by atoms with Crippen LogP contribution in [-0.4, -0.2) is 69.8 Å². The van der Waals surface area contributed by atoms with Crippen molar-refractivity contribution in [1.29, 1.82) is 0 Å². The largest absolute Gasteiger partial charge is 0.352 e. The predicted octanol–water partition coefficient (Wildman–Crippen LogP) is -0.769. The third kappa shape index (κ3) is 2.10. The second kappa shape index (κ2) is 5.20. The maximum absolute atomic E-state index is 12.3. The van der Waals surface area contributed by atoms with Crippen LogP contribution in [0.25, 0.3) is 11.0 Å². The minimum Gasteiger partial charge on any atom is -0.352 e. The predicted molar refractivity (Wildman–Crippen MR) is 81.5 cm³/mol. The summed E-state index contributed by atoms with van der Waals surface area (Å²) in [6.45, 7) is 4.74. The Morgan fingerprint density at radius 2 is 2.00 bits per heavy atom. The smallest absolute Gasteiger partial charge is 0.228 e. The first kappa shape index (κ1) is 13.4. The number of carbonyl (C=O) groups is 1. The van der Waals surface area contributed by atoms with Crippen molar-refractivity contribution < 1.29 is 4.79 Å². The van der Waals surface area contributed by atoms with E-state index in [1.807, 2.05) is 18.1 Å². The lowest BCUT2D eigenvalue weighted by atomic mass is 10.0. The van der Waals surface area contributed by atoms with Crippen LogP contribution in [0.2, 0.25) is 0 Å². The lowest BCUT2D eigenvalue weighted by Gasteiger charge is -2.38. The molecule has 0 radical (unpaired) electrons. The molecule has 2 fully saturated rings. The van der Waals surface area contributed by atoms with E-state index in [0.29, 0.717) is 0 Å². The fourth-order valence-corrected chi connectivity index (χ4v) is 3.06. The van der Waals surface area contributed by atoms with Crippen molar-refractivity contribution >= 4 is 22.8 Å². The maximum Gasteiger partial charge on any atom is 0.228 e. The summed E-state index contributed by atoms with van der Waals surface area (Å²) in [5, 5.41) is 8.37. The van der Waals surface area contributed by atoms with Crippen molar-refractivity contribution in [2.45, 2.75) is 0 Å². The SMILES string of the molecule is Cn1ncc2c(N3CCN(C(=O)C4CNC4)CC3)ncnc21. The Hall–Kier alpha value is -2.22. The summed E-state index contributed by atoms with van der Waals surface area (Å²) in [5.41, 5.74) is 0.837. The average Bonchev–Trinajstić information content (AvgIpc) is 2.87. The van der Waals surface area contributed by atoms with Gasteiger partial charge < -0.3 is 15.1 Å². The molecule has 0 aliphatic carbocycles. The molecule has 2 saturated heterocycles. The van der Waals surface area contributed by atoms with Crippen molar-refractivity contribution in [3.05, 3.63) is 12.5 Å². The molecule has 1 amide bonds. The van der Waals surface area contributed by atoms with E-state index in [1.54, 1.807) is 11.0 Å². The Morgan fingerprint density at radius 3 is 2.68 bits per heavy atom. The number of anilines is 1. The van der Waals surface area contributed by atoms with Crippen molar-refractivity contribution in [2.75, 3.05) is 44.2 Å². The Bertz CT molecular complexity index is 700. The van der Waals surface area contributed by atoms with Crippen LogP contribution >= 0.6 is 0 Å². The molecule has 2 aromatic rings. The highest BCUT2D eigenvalue weighted by atomic mass is 16.2. The molecular weight excluding hydrogens is 282 g/mol. The number of rotatable bonds is 2. The monoisotopic (exact) mass is 301 g/mol. The van der Waals surface area contributed by atoms with Crippen LogP contribution in [0.3, 0.4) is 0 Å². The number of nitrogens with zero attached hydrogens (tertiary/aromatic N) is 6. The van der Waals surface area contributed by atoms with Gasteiger partial charge in [-0.05, 0) is 0 Å². The molecular formula is C14H19N7O. The molecule has 0 aromatic carbocycles. The topological polar surface area (TPSA) is 79.2 Å². The summed E-state index contributed by atoms with van der Waals surface area (Å²) in [7, 11) is 1.88. The molecule has 4 rings (SSSR count). The minimum atomic E-state index is 0.177. The second-order valence-corrected chi connectivity index (χ2v) is 5.87. The lowest BCUT2D eigenvalue weighted by Crippen LogP contribution is -2.56. The number of amides is 1. The first-order chi connectivity index (χ1) is 10.7. The molecule has 0 bridgehead atoms. The summed E-state index contributed by atoms with van der Waals surface area (Å²) in [4.78, 5) is 25.2. The van der Waals surface area contributed by atoms with Gasteiger partial charge in [-0.3, -0.25) is 9.48 Å². The Morgan fingerprint density at radius 1 is 1.23 bits per heavy atom. The molecule has 116 valence electrons. The highest BCUT2D eigenvalue weighted by Crippen LogP contribution is 2.23. The summed E-state index contributed by atoms with van der Waals surface area (Å²) in [6, 6.07) is 0. The standard InChI is InChI=1S/C14H19N7O/c1-19-12-11(8-18-19)13(17-9-16-12)20-2-4-21(5-3-20)14(22)10-6-15-7-10/h8-10,15H,2-7H2,1H3. The summed E-state index contributed by atoms with van der Waals surface area (Å²) < 4.78 is 1.75. The van der Waals surface area contributed by atoms with E-state index in [1.165, 1.54) is 0 Å². The van der Waals surface area contributed by atoms with E-state index in [9.17, 15) is 4.79 Å². The molecule has 4 heterocycles. The van der Waals surface area contributed by atoms with Gasteiger partial charge in [0, 0.05) is 46.3 Å². The number of hydrogen-bond acceptors (Lipinski definition) is 6. The number of aryl methyl sites for hydroxylation is 1. The second-order valence-electron chi connectivity index (χ2n) is 5.87. The minimum absolute atomic E-state index is 0.177. The Kier molecular flexibility index (Phi) is 3.18. The maximum atomic E-state index is 12.3. The fourth-order valence-electron chi connectivity index (χ4n) is 3.06. The summed E-state index contributed by atoms with van der Waals surface area (Å²) >= 11 is 0. The van der Waals surface area contributed by atoms with Crippen LogP contribution in [0.15, 0.2) is 12.5 Å². The fraction of sp³-hybridized carbons (Fsp3) is 0.571. The van der Waals surface area contributed by atoms with Crippen molar-refractivity contribution in [3.8, 4) is 0 Å². The van der Waals surface area contributed by atoms with Crippen LogP contribution in [0, 0.1) is 5.92 Å². The van der Waals surface area contributed by atoms with E-state index in [-0.39, 0.29) is 11.8 Å². The van der Waals surface area contributed by atoms with E-state index < -0.39 is 0 Å². The molecule has 8 heteroatoms. The molecule has 0 unspecified atom stereocenters. The molecule has 8 nitrogen and oxygen atoms in total. The molecule has 2 aliphatic rings. The van der Waals surface area contributed by atoms with E-state index >= 15 is 0 Å². The number of aromatic nitrogens is 4. The van der Waals surface area contributed by atoms with Crippen LogP contribution in [0.4, 0.5) is 5.82 Å². The van der Waals surface area contributed by atoms with Gasteiger partial charge >= 0.3 is 0 Å². The molecule has 0 atom stereocenters. The van der Waals surface area contributed by atoms with Crippen molar-refractivity contribution in [1.82, 2.24) is 30.0 Å². The number of hydrogen-bond donors (Lipinski definition) is 1. The summed E-state index contributed by atoms with van der Waals surface area (Å²) in [6.07, 6.45) is 3.39. The van der Waals surface area contributed by atoms with Gasteiger partial charge in [-0.2, -0.15) is 5.10 Å². The summed E-state index contributed by atoms with van der Waals surface area (Å²) in [5.74, 6) is 1.37. The van der Waals surface area contributed by atoms with E-state index in [0.717, 1.165) is 56.1 Å². The molecule has 0 saturated carbocycles. The number of carbonyl (C=O) groups excluding carboxylic acids is 1. The van der Waals surface area contributed by atoms with Crippen LogP contribution in [-0.2, 0) is 11.8 Å². The van der Waals surface area contributed by atoms with Gasteiger partial charge in [-0.15, -0.1) is 0 Å². The number of fused-ring (bicyclic) bond motifs is 1. The van der Waals surface area contributed by atoms with Crippen molar-refractivity contribution in [3.63, 3.8) is 0 Å². The zero-order chi connectivity index (χ0) is 15.1. The Balaban J connectivity index is 1.49. The van der Waals surface area contributed by atoms with Crippen molar-refractivity contribution in [2.24, 2.45) is 13.0 Å². The molecule has 22 heavy (non-hydrogen) atoms.